The predicted molar refractivity (Wildman–Crippen MR) is 82.2 cm³/mol. The maximum Gasteiger partial charge on any atom is 0.323 e. The van der Waals surface area contributed by atoms with Crippen LogP contribution in [0.4, 0.5) is 14.9 Å². The first-order valence-electron chi connectivity index (χ1n) is 6.20. The van der Waals surface area contributed by atoms with E-state index in [0.29, 0.717) is 6.42 Å². The molecule has 0 aliphatic rings. The van der Waals surface area contributed by atoms with Crippen molar-refractivity contribution in [1.82, 2.24) is 4.90 Å². The Labute approximate surface area is 135 Å². The highest BCUT2D eigenvalue weighted by molar-refractivity contribution is 9.10. The van der Waals surface area contributed by atoms with Crippen LogP contribution in [0, 0.1) is 5.82 Å². The highest BCUT2D eigenvalue weighted by atomic mass is 79.9. The van der Waals surface area contributed by atoms with Gasteiger partial charge < -0.3 is 15.3 Å². The smallest absolute Gasteiger partial charge is 0.323 e. The van der Waals surface area contributed by atoms with Crippen LogP contribution in [0.25, 0.3) is 0 Å². The van der Waals surface area contributed by atoms with Crippen molar-refractivity contribution in [1.29, 1.82) is 0 Å². The molecule has 0 aliphatic heterocycles. The summed E-state index contributed by atoms with van der Waals surface area (Å²) in [6, 6.07) is 1.35. The number of hydrogen-bond donors (Lipinski definition) is 2. The average Bonchev–Trinajstić information content (AvgIpc) is 2.38. The summed E-state index contributed by atoms with van der Waals surface area (Å²) in [5.74, 6) is -1.66. The number of carboxylic acids is 1. The number of hydrogen-bond acceptors (Lipinski definition) is 2. The highest BCUT2D eigenvalue weighted by Crippen LogP contribution is 2.32. The van der Waals surface area contributed by atoms with Crippen molar-refractivity contribution >= 4 is 45.2 Å². The normalized spacial score (nSPS) is 11.9. The van der Waals surface area contributed by atoms with E-state index in [-0.39, 0.29) is 21.2 Å². The maximum absolute atomic E-state index is 13.1. The zero-order chi connectivity index (χ0) is 16.2. The van der Waals surface area contributed by atoms with Crippen LogP contribution in [0.1, 0.15) is 20.3 Å². The largest absolute Gasteiger partial charge is 0.480 e. The van der Waals surface area contributed by atoms with Gasteiger partial charge in [0.2, 0.25) is 0 Å². The van der Waals surface area contributed by atoms with Gasteiger partial charge in [0.1, 0.15) is 12.4 Å². The number of carbonyl (C=O) groups is 2. The van der Waals surface area contributed by atoms with Gasteiger partial charge in [-0.05, 0) is 41.4 Å². The Hall–Kier alpha value is -1.34. The molecule has 1 rings (SSSR count). The summed E-state index contributed by atoms with van der Waals surface area (Å²) >= 11 is 8.99. The number of halogens is 3. The standard InChI is InChI=1S/C13H15BrClFN2O3/c1-3-7(2)18(6-11(19)20)13(21)17-12-9(14)4-8(16)5-10(12)15/h4-5,7H,3,6H2,1-2H3,(H,17,21)(H,19,20). The number of amides is 2. The molecule has 0 bridgehead atoms. The van der Waals surface area contributed by atoms with Gasteiger partial charge in [0.05, 0.1) is 10.7 Å². The van der Waals surface area contributed by atoms with Crippen molar-refractivity contribution in [3.63, 3.8) is 0 Å². The van der Waals surface area contributed by atoms with E-state index in [1.807, 2.05) is 6.92 Å². The molecule has 8 heteroatoms. The molecule has 0 spiro atoms. The van der Waals surface area contributed by atoms with Gasteiger partial charge in [0.15, 0.2) is 0 Å². The molecule has 116 valence electrons. The molecule has 0 heterocycles. The monoisotopic (exact) mass is 380 g/mol. The summed E-state index contributed by atoms with van der Waals surface area (Å²) in [6.45, 7) is 3.15. The SMILES string of the molecule is CCC(C)N(CC(=O)O)C(=O)Nc1c(Cl)cc(F)cc1Br. The van der Waals surface area contributed by atoms with Gasteiger partial charge in [-0.2, -0.15) is 0 Å². The van der Waals surface area contributed by atoms with E-state index in [1.165, 1.54) is 4.90 Å². The lowest BCUT2D eigenvalue weighted by Gasteiger charge is -2.27. The number of carbonyl (C=O) groups excluding carboxylic acids is 1. The van der Waals surface area contributed by atoms with Crippen molar-refractivity contribution in [3.8, 4) is 0 Å². The number of nitrogens with one attached hydrogen (secondary N) is 1. The molecule has 0 fully saturated rings. The fourth-order valence-corrected chi connectivity index (χ4v) is 2.53. The van der Waals surface area contributed by atoms with Crippen molar-refractivity contribution in [3.05, 3.63) is 27.4 Å². The first-order valence-corrected chi connectivity index (χ1v) is 7.37. The summed E-state index contributed by atoms with van der Waals surface area (Å²) in [6.07, 6.45) is 0.596. The van der Waals surface area contributed by atoms with Crippen LogP contribution in [-0.2, 0) is 4.79 Å². The van der Waals surface area contributed by atoms with Crippen LogP contribution < -0.4 is 5.32 Å². The highest BCUT2D eigenvalue weighted by Gasteiger charge is 2.23. The van der Waals surface area contributed by atoms with Crippen molar-refractivity contribution < 1.29 is 19.1 Å². The predicted octanol–water partition coefficient (Wildman–Crippen LogP) is 3.96. The minimum absolute atomic E-state index is 0.0228. The maximum atomic E-state index is 13.1. The Morgan fingerprint density at radius 3 is 2.62 bits per heavy atom. The van der Waals surface area contributed by atoms with Gasteiger partial charge in [-0.3, -0.25) is 4.79 Å². The van der Waals surface area contributed by atoms with Gasteiger partial charge in [-0.1, -0.05) is 18.5 Å². The van der Waals surface area contributed by atoms with Gasteiger partial charge in [0, 0.05) is 10.5 Å². The Morgan fingerprint density at radius 2 is 2.14 bits per heavy atom. The van der Waals surface area contributed by atoms with Crippen LogP contribution >= 0.6 is 27.5 Å². The Balaban J connectivity index is 2.99. The van der Waals surface area contributed by atoms with E-state index in [1.54, 1.807) is 6.92 Å². The summed E-state index contributed by atoms with van der Waals surface area (Å²) in [7, 11) is 0. The number of urea groups is 1. The molecule has 0 aromatic heterocycles. The van der Waals surface area contributed by atoms with Crippen LogP contribution in [-0.4, -0.2) is 34.6 Å². The molecule has 21 heavy (non-hydrogen) atoms. The van der Waals surface area contributed by atoms with Crippen LogP contribution in [0.15, 0.2) is 16.6 Å². The molecule has 2 N–H and O–H groups in total. The Kier molecular flexibility index (Phi) is 6.42. The van der Waals surface area contributed by atoms with Crippen LogP contribution in [0.2, 0.25) is 5.02 Å². The van der Waals surface area contributed by atoms with E-state index in [2.05, 4.69) is 21.2 Å². The zero-order valence-corrected chi connectivity index (χ0v) is 13.8. The average molecular weight is 382 g/mol. The summed E-state index contributed by atoms with van der Waals surface area (Å²) in [5, 5.41) is 11.4. The lowest BCUT2D eigenvalue weighted by atomic mass is 10.2. The molecule has 1 atom stereocenters. The van der Waals surface area contributed by atoms with E-state index in [0.717, 1.165) is 12.1 Å². The third kappa shape index (κ3) is 4.86. The summed E-state index contributed by atoms with van der Waals surface area (Å²) in [4.78, 5) is 24.3. The number of carboxylic acid groups (broad SMARTS) is 1. The second-order valence-electron chi connectivity index (χ2n) is 4.45. The van der Waals surface area contributed by atoms with Crippen LogP contribution in [0.5, 0.6) is 0 Å². The first kappa shape index (κ1) is 17.7. The minimum Gasteiger partial charge on any atom is -0.480 e. The van der Waals surface area contributed by atoms with Crippen molar-refractivity contribution in [2.45, 2.75) is 26.3 Å². The van der Waals surface area contributed by atoms with E-state index >= 15 is 0 Å². The van der Waals surface area contributed by atoms with Gasteiger partial charge in [-0.15, -0.1) is 0 Å². The quantitative estimate of drug-likeness (QED) is 0.811. The summed E-state index contributed by atoms with van der Waals surface area (Å²) in [5.41, 5.74) is 0.196. The molecular formula is C13H15BrClFN2O3. The van der Waals surface area contributed by atoms with Crippen molar-refractivity contribution in [2.24, 2.45) is 0 Å². The molecule has 0 aliphatic carbocycles. The Bertz CT molecular complexity index is 533. The fourth-order valence-electron chi connectivity index (χ4n) is 1.63. The molecule has 0 saturated carbocycles. The second kappa shape index (κ2) is 7.61. The van der Waals surface area contributed by atoms with Gasteiger partial charge in [0.25, 0.3) is 0 Å². The van der Waals surface area contributed by atoms with Gasteiger partial charge in [-0.25, -0.2) is 9.18 Å². The first-order chi connectivity index (χ1) is 9.76. The molecule has 1 unspecified atom stereocenters. The van der Waals surface area contributed by atoms with E-state index < -0.39 is 24.4 Å². The molecule has 1 aromatic rings. The second-order valence-corrected chi connectivity index (χ2v) is 5.72. The zero-order valence-electron chi connectivity index (χ0n) is 11.5. The third-order valence-corrected chi connectivity index (χ3v) is 3.85. The molecule has 5 nitrogen and oxygen atoms in total. The third-order valence-electron chi connectivity index (χ3n) is 2.93. The van der Waals surface area contributed by atoms with E-state index in [4.69, 9.17) is 16.7 Å². The number of aliphatic carboxylic acids is 1. The Morgan fingerprint density at radius 1 is 1.52 bits per heavy atom. The van der Waals surface area contributed by atoms with Gasteiger partial charge >= 0.3 is 12.0 Å². The molecule has 1 aromatic carbocycles. The minimum atomic E-state index is -1.12. The summed E-state index contributed by atoms with van der Waals surface area (Å²) < 4.78 is 13.4. The molecule has 0 saturated heterocycles. The number of rotatable bonds is 5. The molecule has 2 amide bonds. The fraction of sp³-hybridized carbons (Fsp3) is 0.385. The lowest BCUT2D eigenvalue weighted by molar-refractivity contribution is -0.138. The molecular weight excluding hydrogens is 367 g/mol. The number of nitrogens with zero attached hydrogens (tertiary/aromatic N) is 1. The number of anilines is 1. The number of benzene rings is 1. The topological polar surface area (TPSA) is 69.6 Å². The van der Waals surface area contributed by atoms with Crippen LogP contribution in [0.3, 0.4) is 0 Å². The van der Waals surface area contributed by atoms with Crippen molar-refractivity contribution in [2.75, 3.05) is 11.9 Å². The lowest BCUT2D eigenvalue weighted by Crippen LogP contribution is -2.44. The van der Waals surface area contributed by atoms with E-state index in [9.17, 15) is 14.0 Å². The molecule has 0 radical (unpaired) electrons.